The van der Waals surface area contributed by atoms with Gasteiger partial charge < -0.3 is 31.3 Å². The minimum atomic E-state index is -3.43. The maximum Gasteiger partial charge on any atom is 0.469 e. The first-order valence-corrected chi connectivity index (χ1v) is 26.2. The normalized spacial score (nSPS) is 12.4. The largest absolute Gasteiger partial charge is 0.469 e. The average Bonchev–Trinajstić information content (AvgIpc) is 2.89. The van der Waals surface area contributed by atoms with Crippen LogP contribution < -0.4 is 0 Å². The molecule has 0 saturated carbocycles. The third-order valence-electron chi connectivity index (χ3n) is 6.67. The van der Waals surface area contributed by atoms with Crippen LogP contribution in [-0.4, -0.2) is 85.6 Å². The number of rotatable bonds is 23. The molecule has 0 radical (unpaired) electrons. The van der Waals surface area contributed by atoms with Crippen LogP contribution in [0.1, 0.15) is 51.9 Å². The zero-order valence-electron chi connectivity index (χ0n) is 28.2. The van der Waals surface area contributed by atoms with Gasteiger partial charge in [0.25, 0.3) is 0 Å². The molecule has 0 bridgehead atoms. The van der Waals surface area contributed by atoms with Gasteiger partial charge in [0.05, 0.1) is 27.9 Å². The van der Waals surface area contributed by atoms with Gasteiger partial charge in [-0.3, -0.25) is 14.4 Å². The van der Waals surface area contributed by atoms with E-state index in [4.69, 9.17) is 31.3 Å². The van der Waals surface area contributed by atoms with E-state index in [2.05, 4.69) is 45.9 Å². The van der Waals surface area contributed by atoms with Crippen molar-refractivity contribution in [1.29, 1.82) is 0 Å². The Kier molecular flexibility index (Phi) is 18.9. The minimum absolute atomic E-state index is 0.162. The average molecular weight is 681 g/mol. The molecule has 0 aromatic carbocycles. The molecule has 15 heteroatoms. The molecule has 0 spiro atoms. The van der Waals surface area contributed by atoms with Gasteiger partial charge in [-0.1, -0.05) is 6.58 Å². The Balaban J connectivity index is 6.29. The lowest BCUT2D eigenvalue weighted by Gasteiger charge is -2.45. The van der Waals surface area contributed by atoms with Gasteiger partial charge in [0.2, 0.25) is 0 Å². The maximum atomic E-state index is 12.1. The van der Waals surface area contributed by atoms with Gasteiger partial charge in [-0.15, -0.1) is 0 Å². The zero-order valence-corrected chi connectivity index (χ0v) is 32.2. The molecule has 0 saturated heterocycles. The highest BCUT2D eigenvalue weighted by atomic mass is 28.5. The lowest BCUT2D eigenvalue weighted by Crippen LogP contribution is -2.62. The standard InChI is InChI=1S/C28H56O11Si4/c1-24(2)28(32)36-19-15-23-43(37-40(6,7)20-12-16-25(29)33-3,38-41(8,9)21-13-17-26(30)34-4)39-42(10,11)22-14-18-27(31)35-5/h1,12-23H2,2-11H3. The van der Waals surface area contributed by atoms with Crippen LogP contribution in [0.2, 0.25) is 63.5 Å². The highest BCUT2D eigenvalue weighted by molar-refractivity contribution is 6.90. The molecule has 0 aliphatic carbocycles. The molecule has 11 nitrogen and oxygen atoms in total. The number of methoxy groups -OCH3 is 3. The van der Waals surface area contributed by atoms with Gasteiger partial charge in [0.1, 0.15) is 0 Å². The number of carbonyl (C=O) groups excluding carboxylic acids is 4. The fourth-order valence-corrected chi connectivity index (χ4v) is 22.3. The number of ether oxygens (including phenoxy) is 4. The Morgan fingerprint density at radius 3 is 1.16 bits per heavy atom. The quantitative estimate of drug-likeness (QED) is 0.0416. The van der Waals surface area contributed by atoms with Crippen LogP contribution in [0.3, 0.4) is 0 Å². The third-order valence-corrected chi connectivity index (χ3v) is 22.7. The predicted octanol–water partition coefficient (Wildman–Crippen LogP) is 5.96. The highest BCUT2D eigenvalue weighted by Crippen LogP contribution is 2.34. The molecule has 0 atom stereocenters. The van der Waals surface area contributed by atoms with E-state index < -0.39 is 39.7 Å². The summed E-state index contributed by atoms with van der Waals surface area (Å²) in [6.45, 7) is 18.0. The van der Waals surface area contributed by atoms with Crippen LogP contribution in [0.4, 0.5) is 0 Å². The van der Waals surface area contributed by atoms with E-state index in [1.165, 1.54) is 21.3 Å². The van der Waals surface area contributed by atoms with Gasteiger partial charge in [0, 0.05) is 30.9 Å². The van der Waals surface area contributed by atoms with Gasteiger partial charge >= 0.3 is 32.7 Å². The minimum Gasteiger partial charge on any atom is -0.469 e. The summed E-state index contributed by atoms with van der Waals surface area (Å²) in [6, 6.07) is 2.53. The maximum absolute atomic E-state index is 12.1. The molecular weight excluding hydrogens is 625 g/mol. The number of esters is 4. The molecule has 0 unspecified atom stereocenters. The Morgan fingerprint density at radius 1 is 0.558 bits per heavy atom. The van der Waals surface area contributed by atoms with Crippen molar-refractivity contribution in [2.45, 2.75) is 115 Å². The SMILES string of the molecule is C=C(C)C(=O)OCCC[Si](O[Si](C)(C)CCCC(=O)OC)(O[Si](C)(C)CCCC(=O)OC)O[Si](C)(C)CCCC(=O)OC. The third kappa shape index (κ3) is 19.4. The lowest BCUT2D eigenvalue weighted by atomic mass is 10.3. The molecule has 0 rings (SSSR count). The smallest absolute Gasteiger partial charge is 0.469 e. The van der Waals surface area contributed by atoms with Crippen LogP contribution >= 0.6 is 0 Å². The van der Waals surface area contributed by atoms with Crippen molar-refractivity contribution in [2.75, 3.05) is 27.9 Å². The van der Waals surface area contributed by atoms with Crippen molar-refractivity contribution in [3.63, 3.8) is 0 Å². The van der Waals surface area contributed by atoms with Crippen molar-refractivity contribution in [2.24, 2.45) is 0 Å². The van der Waals surface area contributed by atoms with Crippen molar-refractivity contribution in [1.82, 2.24) is 0 Å². The van der Waals surface area contributed by atoms with Crippen LogP contribution in [0.5, 0.6) is 0 Å². The summed E-state index contributed by atoms with van der Waals surface area (Å²) < 4.78 is 41.1. The Morgan fingerprint density at radius 2 is 0.884 bits per heavy atom. The summed E-state index contributed by atoms with van der Waals surface area (Å²) in [5.74, 6) is -1.25. The first-order valence-electron chi connectivity index (χ1n) is 14.9. The van der Waals surface area contributed by atoms with E-state index in [-0.39, 0.29) is 24.5 Å². The summed E-state index contributed by atoms with van der Waals surface area (Å²) in [6.07, 6.45) is 3.21. The second-order valence-electron chi connectivity index (χ2n) is 12.6. The number of hydrogen-bond donors (Lipinski definition) is 0. The Hall–Kier alpha value is -1.63. The van der Waals surface area contributed by atoms with Gasteiger partial charge in [-0.05, 0) is 90.0 Å². The van der Waals surface area contributed by atoms with Gasteiger partial charge in [0.15, 0.2) is 25.0 Å². The first-order chi connectivity index (χ1) is 19.8. The van der Waals surface area contributed by atoms with Crippen molar-refractivity contribution >= 4 is 57.6 Å². The molecule has 0 aliphatic heterocycles. The number of carbonyl (C=O) groups is 4. The summed E-state index contributed by atoms with van der Waals surface area (Å²) in [5, 5.41) is 0. The first kappa shape index (κ1) is 41.4. The second kappa shape index (κ2) is 19.7. The highest BCUT2D eigenvalue weighted by Gasteiger charge is 2.52. The summed E-state index contributed by atoms with van der Waals surface area (Å²) >= 11 is 0. The van der Waals surface area contributed by atoms with E-state index >= 15 is 0 Å². The molecular formula is C28H56O11Si4. The van der Waals surface area contributed by atoms with Crippen molar-refractivity contribution < 1.29 is 50.5 Å². The van der Waals surface area contributed by atoms with Crippen molar-refractivity contribution in [3.8, 4) is 0 Å². The Bertz CT molecular complexity index is 834. The summed E-state index contributed by atoms with van der Waals surface area (Å²) in [4.78, 5) is 47.4. The van der Waals surface area contributed by atoms with Crippen LogP contribution in [0, 0.1) is 0 Å². The molecule has 43 heavy (non-hydrogen) atoms. The lowest BCUT2D eigenvalue weighted by molar-refractivity contribution is -0.141. The molecule has 0 aromatic rings. The van der Waals surface area contributed by atoms with Crippen LogP contribution in [0.15, 0.2) is 12.2 Å². The molecule has 0 heterocycles. The molecule has 250 valence electrons. The van der Waals surface area contributed by atoms with E-state index in [0.29, 0.717) is 74.7 Å². The van der Waals surface area contributed by atoms with Gasteiger partial charge in [-0.25, -0.2) is 4.79 Å². The van der Waals surface area contributed by atoms with Crippen molar-refractivity contribution in [3.05, 3.63) is 12.2 Å². The molecule has 0 aromatic heterocycles. The summed E-state index contributed by atoms with van der Waals surface area (Å²) in [5.41, 5.74) is 0.324. The Labute approximate surface area is 263 Å². The topological polar surface area (TPSA) is 133 Å². The van der Waals surface area contributed by atoms with E-state index in [1.807, 2.05) is 0 Å². The van der Waals surface area contributed by atoms with E-state index in [9.17, 15) is 19.2 Å². The van der Waals surface area contributed by atoms with Crippen LogP contribution in [-0.2, 0) is 50.5 Å². The van der Waals surface area contributed by atoms with E-state index in [1.54, 1.807) is 6.92 Å². The fraction of sp³-hybridized carbons (Fsp3) is 0.786. The van der Waals surface area contributed by atoms with Crippen LogP contribution in [0.25, 0.3) is 0 Å². The van der Waals surface area contributed by atoms with Gasteiger partial charge in [-0.2, -0.15) is 0 Å². The fourth-order valence-electron chi connectivity index (χ4n) is 4.49. The predicted molar refractivity (Wildman–Crippen MR) is 175 cm³/mol. The second-order valence-corrected chi connectivity index (χ2v) is 29.0. The molecule has 0 aliphatic rings. The molecule has 0 fully saturated rings. The monoisotopic (exact) mass is 680 g/mol. The zero-order chi connectivity index (χ0) is 33.3. The van der Waals surface area contributed by atoms with E-state index in [0.717, 1.165) is 0 Å². The molecule has 0 amide bonds. The molecule has 0 N–H and O–H groups in total. The summed E-state index contributed by atoms with van der Waals surface area (Å²) in [7, 11) is -6.65. The number of hydrogen-bond acceptors (Lipinski definition) is 11.